The van der Waals surface area contributed by atoms with E-state index >= 15 is 0 Å². The molecular weight excluding hydrogens is 868 g/mol. The lowest BCUT2D eigenvalue weighted by Gasteiger charge is -2.11. The molecule has 0 amide bonds. The number of carbonyl (C=O) groups excluding carboxylic acids is 6. The van der Waals surface area contributed by atoms with Gasteiger partial charge in [-0.15, -0.1) is 0 Å². The molecule has 0 atom stereocenters. The summed E-state index contributed by atoms with van der Waals surface area (Å²) >= 11 is 0. The summed E-state index contributed by atoms with van der Waals surface area (Å²) in [6.07, 6.45) is 8.95. The van der Waals surface area contributed by atoms with E-state index in [-0.39, 0.29) is 45.3 Å². The van der Waals surface area contributed by atoms with Gasteiger partial charge in [0.15, 0.2) is 11.5 Å². The van der Waals surface area contributed by atoms with E-state index in [1.807, 2.05) is 0 Å². The van der Waals surface area contributed by atoms with E-state index < -0.39 is 41.6 Å². The molecule has 0 N–H and O–H groups in total. The van der Waals surface area contributed by atoms with Gasteiger partial charge in [-0.1, -0.05) is 13.2 Å². The molecule has 0 aliphatic heterocycles. The van der Waals surface area contributed by atoms with Crippen molar-refractivity contribution in [2.45, 2.75) is 51.4 Å². The maximum Gasteiger partial charge on any atom is 0.343 e. The van der Waals surface area contributed by atoms with Gasteiger partial charge >= 0.3 is 35.8 Å². The Morgan fingerprint density at radius 1 is 0.388 bits per heavy atom. The van der Waals surface area contributed by atoms with Crippen molar-refractivity contribution in [2.24, 2.45) is 0 Å². The minimum Gasteiger partial charge on any atom is -0.494 e. The molecule has 0 aromatic heterocycles. The molecule has 0 aliphatic rings. The van der Waals surface area contributed by atoms with Gasteiger partial charge in [0.1, 0.15) is 28.8 Å². The second-order valence-electron chi connectivity index (χ2n) is 14.5. The number of carbonyl (C=O) groups is 6. The Morgan fingerprint density at radius 3 is 1.09 bits per heavy atom. The maximum atomic E-state index is 14.3. The second kappa shape index (κ2) is 26.7. The van der Waals surface area contributed by atoms with Gasteiger partial charge < -0.3 is 37.9 Å². The summed E-state index contributed by atoms with van der Waals surface area (Å²) in [6, 6.07) is 26.9. The van der Waals surface area contributed by atoms with Gasteiger partial charge in [0.05, 0.1) is 48.7 Å². The fourth-order valence-electron chi connectivity index (χ4n) is 5.95. The molecule has 0 unspecified atom stereocenters. The third kappa shape index (κ3) is 17.1. The van der Waals surface area contributed by atoms with Crippen LogP contribution in [0.3, 0.4) is 0 Å². The molecular formula is C52H49FO14. The van der Waals surface area contributed by atoms with Crippen LogP contribution in [0.2, 0.25) is 0 Å². The standard InChI is InChI=1S/C52H49FO14/c1-3-47(54)62-33-11-7-5-9-31-60-41-22-13-36(14-23-41)49(56)64-43-26-17-38(18-27-43)51(58)66-45-30-21-40(53)35-46(45)67-52(59)39-19-28-44(29-20-39)65-50(57)37-15-24-42(25-16-37)61-32-10-6-8-12-34-63-48(55)4-2/h3-4,13-30,35H,1-2,5-12,31-34H2. The van der Waals surface area contributed by atoms with E-state index in [0.717, 1.165) is 81.7 Å². The maximum absolute atomic E-state index is 14.3. The lowest BCUT2D eigenvalue weighted by molar-refractivity contribution is -0.138. The fraction of sp³-hybridized carbons (Fsp3) is 0.231. The van der Waals surface area contributed by atoms with Crippen LogP contribution in [0, 0.1) is 5.82 Å². The number of hydrogen-bond acceptors (Lipinski definition) is 14. The lowest BCUT2D eigenvalue weighted by Crippen LogP contribution is -2.13. The summed E-state index contributed by atoms with van der Waals surface area (Å²) in [5, 5.41) is 0. The SMILES string of the molecule is C=CC(=O)OCCCCCCOc1ccc(C(=O)Oc2ccc(C(=O)Oc3ccc(F)cc3OC(=O)c3ccc(OC(=O)c4ccc(OCCCCCCOC(=O)C=C)cc4)cc3)cc2)cc1. The Morgan fingerprint density at radius 2 is 0.716 bits per heavy atom. The Bertz CT molecular complexity index is 2460. The number of unbranched alkanes of at least 4 members (excludes halogenated alkanes) is 6. The molecule has 348 valence electrons. The molecule has 0 saturated carbocycles. The van der Waals surface area contributed by atoms with Crippen LogP contribution in [0.15, 0.2) is 141 Å². The number of benzene rings is 5. The summed E-state index contributed by atoms with van der Waals surface area (Å²) in [7, 11) is 0. The van der Waals surface area contributed by atoms with Crippen LogP contribution in [-0.4, -0.2) is 62.2 Å². The zero-order valence-electron chi connectivity index (χ0n) is 36.6. The summed E-state index contributed by atoms with van der Waals surface area (Å²) in [5.74, 6) is -3.82. The third-order valence-electron chi connectivity index (χ3n) is 9.53. The fourth-order valence-corrected chi connectivity index (χ4v) is 5.95. The Hall–Kier alpha value is -8.07. The molecule has 0 bridgehead atoms. The van der Waals surface area contributed by atoms with Crippen molar-refractivity contribution in [3.63, 3.8) is 0 Å². The van der Waals surface area contributed by atoms with Crippen LogP contribution in [0.1, 0.15) is 92.8 Å². The molecule has 5 aromatic carbocycles. The Kier molecular flexibility index (Phi) is 19.9. The molecule has 15 heteroatoms. The molecule has 5 aromatic rings. The van der Waals surface area contributed by atoms with Gasteiger partial charge in [-0.2, -0.15) is 0 Å². The first-order chi connectivity index (χ1) is 32.5. The highest BCUT2D eigenvalue weighted by Gasteiger charge is 2.19. The average Bonchev–Trinajstić information content (AvgIpc) is 3.34. The first kappa shape index (κ1) is 49.9. The monoisotopic (exact) mass is 916 g/mol. The molecule has 0 saturated heterocycles. The third-order valence-corrected chi connectivity index (χ3v) is 9.53. The number of hydrogen-bond donors (Lipinski definition) is 0. The van der Waals surface area contributed by atoms with E-state index in [1.165, 1.54) is 48.5 Å². The van der Waals surface area contributed by atoms with E-state index in [9.17, 15) is 33.2 Å². The predicted octanol–water partition coefficient (Wildman–Crippen LogP) is 10.0. The molecule has 0 radical (unpaired) electrons. The minimum absolute atomic E-state index is 0.0266. The average molecular weight is 917 g/mol. The normalized spacial score (nSPS) is 10.5. The zero-order valence-corrected chi connectivity index (χ0v) is 36.6. The highest BCUT2D eigenvalue weighted by atomic mass is 19.1. The van der Waals surface area contributed by atoms with E-state index in [1.54, 1.807) is 48.5 Å². The molecule has 0 fully saturated rings. The molecule has 0 spiro atoms. The Balaban J connectivity index is 1.04. The number of halogens is 1. The largest absolute Gasteiger partial charge is 0.494 e. The van der Waals surface area contributed by atoms with Crippen LogP contribution < -0.4 is 28.4 Å². The second-order valence-corrected chi connectivity index (χ2v) is 14.5. The number of rotatable bonds is 26. The molecule has 67 heavy (non-hydrogen) atoms. The van der Waals surface area contributed by atoms with Gasteiger partial charge in [-0.05, 0) is 161 Å². The highest BCUT2D eigenvalue weighted by molar-refractivity contribution is 5.95. The summed E-state index contributed by atoms with van der Waals surface area (Å²) in [5.41, 5.74) is 0.623. The zero-order chi connectivity index (χ0) is 47.8. The minimum atomic E-state index is -0.910. The first-order valence-corrected chi connectivity index (χ1v) is 21.4. The van der Waals surface area contributed by atoms with Gasteiger partial charge in [0.2, 0.25) is 0 Å². The highest BCUT2D eigenvalue weighted by Crippen LogP contribution is 2.30. The first-order valence-electron chi connectivity index (χ1n) is 21.4. The molecule has 5 rings (SSSR count). The van der Waals surface area contributed by atoms with Crippen molar-refractivity contribution < 1.29 is 71.1 Å². The van der Waals surface area contributed by atoms with Gasteiger partial charge in [0.25, 0.3) is 0 Å². The van der Waals surface area contributed by atoms with E-state index in [0.29, 0.717) is 37.9 Å². The summed E-state index contributed by atoms with van der Waals surface area (Å²) in [6.45, 7) is 8.37. The van der Waals surface area contributed by atoms with Crippen molar-refractivity contribution in [3.8, 4) is 34.5 Å². The smallest absolute Gasteiger partial charge is 0.343 e. The lowest BCUT2D eigenvalue weighted by atomic mass is 10.2. The van der Waals surface area contributed by atoms with Gasteiger partial charge in [0, 0.05) is 18.2 Å². The van der Waals surface area contributed by atoms with Crippen LogP contribution in [0.5, 0.6) is 34.5 Å². The quantitative estimate of drug-likeness (QED) is 0.0222. The van der Waals surface area contributed by atoms with Crippen molar-refractivity contribution in [1.29, 1.82) is 0 Å². The van der Waals surface area contributed by atoms with E-state index in [2.05, 4.69) is 13.2 Å². The van der Waals surface area contributed by atoms with Crippen molar-refractivity contribution in [3.05, 3.63) is 169 Å². The van der Waals surface area contributed by atoms with Crippen molar-refractivity contribution >= 4 is 35.8 Å². The van der Waals surface area contributed by atoms with Gasteiger partial charge in [-0.3, -0.25) is 0 Å². The van der Waals surface area contributed by atoms with Crippen LogP contribution >= 0.6 is 0 Å². The number of esters is 6. The van der Waals surface area contributed by atoms with Crippen molar-refractivity contribution in [2.75, 3.05) is 26.4 Å². The topological polar surface area (TPSA) is 176 Å². The Labute approximate surface area is 386 Å². The van der Waals surface area contributed by atoms with Crippen LogP contribution in [0.25, 0.3) is 0 Å². The van der Waals surface area contributed by atoms with Gasteiger partial charge in [-0.25, -0.2) is 33.2 Å². The summed E-state index contributed by atoms with van der Waals surface area (Å²) in [4.78, 5) is 73.9. The molecule has 0 aliphatic carbocycles. The van der Waals surface area contributed by atoms with Crippen molar-refractivity contribution in [1.82, 2.24) is 0 Å². The molecule has 0 heterocycles. The predicted molar refractivity (Wildman–Crippen MR) is 242 cm³/mol. The molecule has 14 nitrogen and oxygen atoms in total. The summed E-state index contributed by atoms with van der Waals surface area (Å²) < 4.78 is 57.4. The van der Waals surface area contributed by atoms with E-state index in [4.69, 9.17) is 37.9 Å². The van der Waals surface area contributed by atoms with Crippen LogP contribution in [-0.2, 0) is 19.1 Å². The van der Waals surface area contributed by atoms with Crippen LogP contribution in [0.4, 0.5) is 4.39 Å². The number of ether oxygens (including phenoxy) is 8.